The highest BCUT2D eigenvalue weighted by atomic mass is 15.3. The van der Waals surface area contributed by atoms with E-state index in [2.05, 4.69) is 43.2 Å². The third kappa shape index (κ3) is 1.74. The van der Waals surface area contributed by atoms with Crippen molar-refractivity contribution in [2.75, 3.05) is 0 Å². The van der Waals surface area contributed by atoms with Gasteiger partial charge in [0.05, 0.1) is 11.4 Å². The number of aromatic nitrogens is 2. The molecule has 0 saturated carbocycles. The molecule has 2 rings (SSSR count). The third-order valence-corrected chi connectivity index (χ3v) is 2.91. The number of hydrogen-bond donors (Lipinski definition) is 1. The molecule has 0 aliphatic carbocycles. The molecule has 0 atom stereocenters. The summed E-state index contributed by atoms with van der Waals surface area (Å²) in [5, 5.41) is 4.53. The number of nitrogens with zero attached hydrogens (tertiary/aromatic N) is 2. The van der Waals surface area contributed by atoms with Gasteiger partial charge in [0.2, 0.25) is 0 Å². The molecule has 2 aromatic rings. The minimum atomic E-state index is 0.529. The number of hydrogen-bond acceptors (Lipinski definition) is 2. The van der Waals surface area contributed by atoms with Crippen molar-refractivity contribution in [3.05, 3.63) is 41.1 Å². The van der Waals surface area contributed by atoms with Crippen LogP contribution in [0.3, 0.4) is 0 Å². The van der Waals surface area contributed by atoms with E-state index in [9.17, 15) is 0 Å². The van der Waals surface area contributed by atoms with E-state index in [0.29, 0.717) is 6.54 Å². The van der Waals surface area contributed by atoms with Crippen LogP contribution in [0.15, 0.2) is 24.3 Å². The maximum Gasteiger partial charge on any atom is 0.0955 e. The average Bonchev–Trinajstić information content (AvgIpc) is 2.54. The summed E-state index contributed by atoms with van der Waals surface area (Å²) in [6, 6.07) is 8.38. The number of rotatable bonds is 2. The molecule has 0 radical (unpaired) electrons. The van der Waals surface area contributed by atoms with Crippen LogP contribution in [0, 0.1) is 13.8 Å². The van der Waals surface area contributed by atoms with Gasteiger partial charge in [0.25, 0.3) is 0 Å². The first-order chi connectivity index (χ1) is 7.63. The normalized spacial score (nSPS) is 10.8. The topological polar surface area (TPSA) is 43.8 Å². The van der Waals surface area contributed by atoms with Gasteiger partial charge in [0.1, 0.15) is 0 Å². The molecule has 0 aliphatic heterocycles. The molecule has 1 heterocycles. The number of nitrogens with two attached hydrogens (primary N) is 1. The SMILES string of the molecule is Cc1cccc(-c2nn(C)c(CN)c2C)c1. The largest absolute Gasteiger partial charge is 0.325 e. The van der Waals surface area contributed by atoms with Crippen molar-refractivity contribution in [1.82, 2.24) is 9.78 Å². The molecule has 3 heteroatoms. The summed E-state index contributed by atoms with van der Waals surface area (Å²) in [4.78, 5) is 0. The monoisotopic (exact) mass is 215 g/mol. The smallest absolute Gasteiger partial charge is 0.0955 e. The molecule has 0 spiro atoms. The molecule has 0 unspecified atom stereocenters. The lowest BCUT2D eigenvalue weighted by molar-refractivity contribution is 0.712. The van der Waals surface area contributed by atoms with Crippen molar-refractivity contribution in [2.45, 2.75) is 20.4 Å². The summed E-state index contributed by atoms with van der Waals surface area (Å²) in [7, 11) is 1.94. The summed E-state index contributed by atoms with van der Waals surface area (Å²) in [5.74, 6) is 0. The van der Waals surface area contributed by atoms with E-state index in [4.69, 9.17) is 5.73 Å². The van der Waals surface area contributed by atoms with Crippen LogP contribution in [0.2, 0.25) is 0 Å². The van der Waals surface area contributed by atoms with Gasteiger partial charge in [-0.3, -0.25) is 4.68 Å². The van der Waals surface area contributed by atoms with Gasteiger partial charge in [0.15, 0.2) is 0 Å². The van der Waals surface area contributed by atoms with E-state index in [0.717, 1.165) is 17.0 Å². The minimum Gasteiger partial charge on any atom is -0.325 e. The lowest BCUT2D eigenvalue weighted by Crippen LogP contribution is -2.05. The van der Waals surface area contributed by atoms with Gasteiger partial charge >= 0.3 is 0 Å². The molecule has 3 nitrogen and oxygen atoms in total. The Morgan fingerprint density at radius 1 is 1.31 bits per heavy atom. The first-order valence-electron chi connectivity index (χ1n) is 5.43. The van der Waals surface area contributed by atoms with Gasteiger partial charge in [-0.05, 0) is 25.5 Å². The minimum absolute atomic E-state index is 0.529. The Balaban J connectivity index is 2.56. The second kappa shape index (κ2) is 4.10. The Kier molecular flexibility index (Phi) is 2.79. The molecule has 16 heavy (non-hydrogen) atoms. The van der Waals surface area contributed by atoms with Crippen LogP contribution in [-0.2, 0) is 13.6 Å². The van der Waals surface area contributed by atoms with Crippen molar-refractivity contribution >= 4 is 0 Å². The van der Waals surface area contributed by atoms with Gasteiger partial charge in [0, 0.05) is 19.2 Å². The van der Waals surface area contributed by atoms with Gasteiger partial charge in [-0.15, -0.1) is 0 Å². The molecule has 84 valence electrons. The molecule has 1 aromatic heterocycles. The molecule has 1 aromatic carbocycles. The highest BCUT2D eigenvalue weighted by Crippen LogP contribution is 2.24. The quantitative estimate of drug-likeness (QED) is 0.834. The fourth-order valence-electron chi connectivity index (χ4n) is 2.02. The van der Waals surface area contributed by atoms with Crippen molar-refractivity contribution in [1.29, 1.82) is 0 Å². The Morgan fingerprint density at radius 2 is 2.06 bits per heavy atom. The second-order valence-corrected chi connectivity index (χ2v) is 4.12. The first-order valence-corrected chi connectivity index (χ1v) is 5.43. The summed E-state index contributed by atoms with van der Waals surface area (Å²) >= 11 is 0. The van der Waals surface area contributed by atoms with Gasteiger partial charge in [-0.25, -0.2) is 0 Å². The number of benzene rings is 1. The van der Waals surface area contributed by atoms with Gasteiger partial charge in [-0.1, -0.05) is 23.8 Å². The predicted molar refractivity (Wildman–Crippen MR) is 66.0 cm³/mol. The van der Waals surface area contributed by atoms with Gasteiger partial charge in [-0.2, -0.15) is 5.10 Å². The van der Waals surface area contributed by atoms with E-state index in [1.54, 1.807) is 0 Å². The maximum absolute atomic E-state index is 5.71. The molecule has 2 N–H and O–H groups in total. The van der Waals surface area contributed by atoms with Crippen molar-refractivity contribution in [3.8, 4) is 11.3 Å². The lowest BCUT2D eigenvalue weighted by atomic mass is 10.0. The van der Waals surface area contributed by atoms with E-state index in [1.807, 2.05) is 11.7 Å². The van der Waals surface area contributed by atoms with Crippen LogP contribution < -0.4 is 5.73 Å². The van der Waals surface area contributed by atoms with Crippen LogP contribution in [0.1, 0.15) is 16.8 Å². The van der Waals surface area contributed by atoms with Gasteiger partial charge < -0.3 is 5.73 Å². The molecule has 0 fully saturated rings. The lowest BCUT2D eigenvalue weighted by Gasteiger charge is -2.00. The molecular weight excluding hydrogens is 198 g/mol. The van der Waals surface area contributed by atoms with E-state index in [1.165, 1.54) is 11.1 Å². The molecule has 0 amide bonds. The summed E-state index contributed by atoms with van der Waals surface area (Å²) in [5.41, 5.74) is 11.4. The number of aryl methyl sites for hydroxylation is 2. The van der Waals surface area contributed by atoms with E-state index >= 15 is 0 Å². The first kappa shape index (κ1) is 10.9. The Morgan fingerprint density at radius 3 is 2.62 bits per heavy atom. The van der Waals surface area contributed by atoms with Crippen LogP contribution >= 0.6 is 0 Å². The van der Waals surface area contributed by atoms with Crippen molar-refractivity contribution in [2.24, 2.45) is 12.8 Å². The van der Waals surface area contributed by atoms with Crippen LogP contribution in [0.25, 0.3) is 11.3 Å². The van der Waals surface area contributed by atoms with Crippen molar-refractivity contribution in [3.63, 3.8) is 0 Å². The Labute approximate surface area is 95.9 Å². The third-order valence-electron chi connectivity index (χ3n) is 2.91. The zero-order valence-electron chi connectivity index (χ0n) is 9.99. The van der Waals surface area contributed by atoms with E-state index in [-0.39, 0.29) is 0 Å². The van der Waals surface area contributed by atoms with Crippen LogP contribution in [0.4, 0.5) is 0 Å². The maximum atomic E-state index is 5.71. The van der Waals surface area contributed by atoms with E-state index < -0.39 is 0 Å². The zero-order valence-corrected chi connectivity index (χ0v) is 9.99. The Hall–Kier alpha value is -1.61. The molecular formula is C13H17N3. The zero-order chi connectivity index (χ0) is 11.7. The highest BCUT2D eigenvalue weighted by Gasteiger charge is 2.12. The fraction of sp³-hybridized carbons (Fsp3) is 0.308. The highest BCUT2D eigenvalue weighted by molar-refractivity contribution is 5.64. The molecule has 0 aliphatic rings. The fourth-order valence-corrected chi connectivity index (χ4v) is 2.02. The predicted octanol–water partition coefficient (Wildman–Crippen LogP) is 2.16. The second-order valence-electron chi connectivity index (χ2n) is 4.12. The summed E-state index contributed by atoms with van der Waals surface area (Å²) < 4.78 is 1.87. The molecule has 0 saturated heterocycles. The van der Waals surface area contributed by atoms with Crippen molar-refractivity contribution < 1.29 is 0 Å². The molecule has 0 bridgehead atoms. The van der Waals surface area contributed by atoms with Crippen LogP contribution in [0.5, 0.6) is 0 Å². The summed E-state index contributed by atoms with van der Waals surface area (Å²) in [6.07, 6.45) is 0. The van der Waals surface area contributed by atoms with Crippen LogP contribution in [-0.4, -0.2) is 9.78 Å². The summed E-state index contributed by atoms with van der Waals surface area (Å²) in [6.45, 7) is 4.69. The standard InChI is InChI=1S/C13H17N3/c1-9-5-4-6-11(7-9)13-10(2)12(8-14)16(3)15-13/h4-7H,8,14H2,1-3H3. The Bertz CT molecular complexity index is 512. The average molecular weight is 215 g/mol.